The van der Waals surface area contributed by atoms with Gasteiger partial charge in [-0.1, -0.05) is 36.4 Å². The van der Waals surface area contributed by atoms with E-state index in [1.807, 2.05) is 36.4 Å². The molecule has 2 aliphatic carbocycles. The fourth-order valence-electron chi connectivity index (χ4n) is 5.63. The maximum absolute atomic E-state index is 12.4. The molecule has 0 radical (unpaired) electrons. The molecule has 174 valence electrons. The molecular weight excluding hydrogens is 414 g/mol. The van der Waals surface area contributed by atoms with Crippen molar-refractivity contribution < 1.29 is 19.0 Å². The summed E-state index contributed by atoms with van der Waals surface area (Å²) < 4.78 is 17.0. The molecule has 2 aromatic rings. The number of hydrogen-bond acceptors (Lipinski definition) is 5. The molecule has 3 atom stereocenters. The van der Waals surface area contributed by atoms with E-state index in [0.29, 0.717) is 30.8 Å². The van der Waals surface area contributed by atoms with Crippen LogP contribution in [0.25, 0.3) is 0 Å². The Hall–Kier alpha value is -3.00. The van der Waals surface area contributed by atoms with Gasteiger partial charge in [-0.05, 0) is 80.5 Å². The van der Waals surface area contributed by atoms with Crippen LogP contribution in [-0.2, 0) is 21.4 Å². The van der Waals surface area contributed by atoms with Crippen LogP contribution in [0.4, 0.5) is 0 Å². The predicted molar refractivity (Wildman–Crippen MR) is 126 cm³/mol. The van der Waals surface area contributed by atoms with Gasteiger partial charge < -0.3 is 14.2 Å². The van der Waals surface area contributed by atoms with E-state index in [0.717, 1.165) is 24.8 Å². The second kappa shape index (κ2) is 10.3. The van der Waals surface area contributed by atoms with Crippen molar-refractivity contribution in [3.05, 3.63) is 59.7 Å². The van der Waals surface area contributed by atoms with Gasteiger partial charge in [-0.3, -0.25) is 4.79 Å². The van der Waals surface area contributed by atoms with Crippen LogP contribution in [0, 0.1) is 23.2 Å². The van der Waals surface area contributed by atoms with Crippen LogP contribution in [0.5, 0.6) is 11.5 Å². The molecule has 4 rings (SSSR count). The third kappa shape index (κ3) is 4.85. The summed E-state index contributed by atoms with van der Waals surface area (Å²) in [6.45, 7) is 0. The fraction of sp³-hybridized carbons (Fsp3) is 0.500. The van der Waals surface area contributed by atoms with Crippen molar-refractivity contribution in [2.75, 3.05) is 14.2 Å². The molecule has 5 nitrogen and oxygen atoms in total. The van der Waals surface area contributed by atoms with Crippen molar-refractivity contribution in [2.24, 2.45) is 11.8 Å². The topological polar surface area (TPSA) is 68.6 Å². The van der Waals surface area contributed by atoms with Gasteiger partial charge >= 0.3 is 5.97 Å². The minimum Gasteiger partial charge on any atom is -0.493 e. The van der Waals surface area contributed by atoms with Crippen LogP contribution in [0.3, 0.4) is 0 Å². The lowest BCUT2D eigenvalue weighted by Gasteiger charge is -2.42. The average molecular weight is 448 g/mol. The number of benzene rings is 2. The van der Waals surface area contributed by atoms with Gasteiger partial charge in [0.05, 0.1) is 37.7 Å². The maximum atomic E-state index is 12.4. The number of hydrogen-bond donors (Lipinski definition) is 0. The van der Waals surface area contributed by atoms with Gasteiger partial charge in [0.2, 0.25) is 0 Å². The van der Waals surface area contributed by atoms with Crippen molar-refractivity contribution >= 4 is 5.97 Å². The highest BCUT2D eigenvalue weighted by atomic mass is 16.5. The zero-order valence-corrected chi connectivity index (χ0v) is 19.6. The van der Waals surface area contributed by atoms with Crippen LogP contribution in [0.2, 0.25) is 0 Å². The molecule has 2 saturated carbocycles. The van der Waals surface area contributed by atoms with E-state index in [4.69, 9.17) is 14.2 Å². The van der Waals surface area contributed by atoms with E-state index in [1.165, 1.54) is 25.5 Å². The number of carbonyl (C=O) groups excluding carboxylic acids is 1. The number of rotatable bonds is 7. The molecule has 0 N–H and O–H groups in total. The van der Waals surface area contributed by atoms with E-state index in [-0.39, 0.29) is 23.9 Å². The Morgan fingerprint density at radius 3 is 2.48 bits per heavy atom. The van der Waals surface area contributed by atoms with E-state index in [1.54, 1.807) is 7.11 Å². The van der Waals surface area contributed by atoms with Gasteiger partial charge in [-0.25, -0.2) is 0 Å². The summed E-state index contributed by atoms with van der Waals surface area (Å²) in [6.07, 6.45) is 7.26. The van der Waals surface area contributed by atoms with Gasteiger partial charge in [-0.2, -0.15) is 5.26 Å². The second-order valence-corrected chi connectivity index (χ2v) is 9.35. The van der Waals surface area contributed by atoms with Gasteiger partial charge in [0.15, 0.2) is 11.5 Å². The first kappa shape index (κ1) is 23.2. The number of ether oxygens (including phenoxy) is 3. The smallest absolute Gasteiger partial charge is 0.308 e. The molecule has 3 unspecified atom stereocenters. The van der Waals surface area contributed by atoms with Crippen LogP contribution < -0.4 is 9.47 Å². The zero-order valence-electron chi connectivity index (χ0n) is 19.6. The minimum absolute atomic E-state index is 0.0181. The highest BCUT2D eigenvalue weighted by molar-refractivity contribution is 5.72. The molecule has 2 aliphatic rings. The maximum Gasteiger partial charge on any atom is 0.308 e. The number of carbonyl (C=O) groups is 1. The average Bonchev–Trinajstić information content (AvgIpc) is 3.37. The quantitative estimate of drug-likeness (QED) is 0.516. The molecule has 2 fully saturated rings. The molecule has 0 bridgehead atoms. The molecule has 0 heterocycles. The normalized spacial score (nSPS) is 25.2. The lowest BCUT2D eigenvalue weighted by atomic mass is 9.59. The van der Waals surface area contributed by atoms with Crippen molar-refractivity contribution in [2.45, 2.75) is 62.9 Å². The molecule has 2 aromatic carbocycles. The SMILES string of the molecule is COC(=O)C1CCC(C#N)(c2ccc(OC)c(OC3CCCC3)c2)C(Cc2ccccc2)C1. The van der Waals surface area contributed by atoms with Crippen molar-refractivity contribution in [1.29, 1.82) is 5.26 Å². The third-order valence-corrected chi connectivity index (χ3v) is 7.49. The molecule has 0 spiro atoms. The number of esters is 1. The van der Waals surface area contributed by atoms with Crippen molar-refractivity contribution in [3.63, 3.8) is 0 Å². The van der Waals surface area contributed by atoms with Crippen LogP contribution in [0.1, 0.15) is 56.1 Å². The summed E-state index contributed by atoms with van der Waals surface area (Å²) in [7, 11) is 3.09. The Bertz CT molecular complexity index is 993. The van der Waals surface area contributed by atoms with Crippen LogP contribution in [-0.4, -0.2) is 26.3 Å². The highest BCUT2D eigenvalue weighted by Crippen LogP contribution is 2.49. The standard InChI is InChI=1S/C28H33NO4/c1-31-25-13-12-22(18-26(25)33-24-10-6-7-11-24)28(19-29)15-14-21(27(30)32-2)17-23(28)16-20-8-4-3-5-9-20/h3-5,8-9,12-13,18,21,23-24H,6-7,10-11,14-17H2,1-2H3. The highest BCUT2D eigenvalue weighted by Gasteiger charge is 2.47. The summed E-state index contributed by atoms with van der Waals surface area (Å²) in [5.41, 5.74) is 1.41. The molecule has 0 aromatic heterocycles. The van der Waals surface area contributed by atoms with Gasteiger partial charge in [0.1, 0.15) is 0 Å². The Morgan fingerprint density at radius 2 is 1.82 bits per heavy atom. The Labute approximate surface area is 196 Å². The van der Waals surface area contributed by atoms with Gasteiger partial charge in [-0.15, -0.1) is 0 Å². The molecule has 0 amide bonds. The molecule has 0 aliphatic heterocycles. The first-order chi connectivity index (χ1) is 16.1. The second-order valence-electron chi connectivity index (χ2n) is 9.35. The van der Waals surface area contributed by atoms with E-state index >= 15 is 0 Å². The van der Waals surface area contributed by atoms with Crippen LogP contribution >= 0.6 is 0 Å². The molecule has 5 heteroatoms. The Balaban J connectivity index is 1.71. The van der Waals surface area contributed by atoms with Crippen molar-refractivity contribution in [1.82, 2.24) is 0 Å². The van der Waals surface area contributed by atoms with Gasteiger partial charge in [0.25, 0.3) is 0 Å². The van der Waals surface area contributed by atoms with Crippen LogP contribution in [0.15, 0.2) is 48.5 Å². The molecule has 33 heavy (non-hydrogen) atoms. The first-order valence-electron chi connectivity index (χ1n) is 12.0. The summed E-state index contributed by atoms with van der Waals surface area (Å²) in [6, 6.07) is 18.8. The first-order valence-corrected chi connectivity index (χ1v) is 12.0. The van der Waals surface area contributed by atoms with E-state index in [9.17, 15) is 10.1 Å². The number of nitrogens with zero attached hydrogens (tertiary/aromatic N) is 1. The Morgan fingerprint density at radius 1 is 1.06 bits per heavy atom. The monoisotopic (exact) mass is 447 g/mol. The lowest BCUT2D eigenvalue weighted by Crippen LogP contribution is -2.42. The van der Waals surface area contributed by atoms with E-state index in [2.05, 4.69) is 18.2 Å². The van der Waals surface area contributed by atoms with Gasteiger partial charge in [0, 0.05) is 0 Å². The number of nitriles is 1. The summed E-state index contributed by atoms with van der Waals surface area (Å²) in [4.78, 5) is 12.4. The fourth-order valence-corrected chi connectivity index (χ4v) is 5.63. The molecule has 0 saturated heterocycles. The summed E-state index contributed by atoms with van der Waals surface area (Å²) in [5.74, 6) is 1.03. The summed E-state index contributed by atoms with van der Waals surface area (Å²) in [5, 5.41) is 10.6. The molecular formula is C28H33NO4. The van der Waals surface area contributed by atoms with Crippen molar-refractivity contribution in [3.8, 4) is 17.6 Å². The number of methoxy groups -OCH3 is 2. The summed E-state index contributed by atoms with van der Waals surface area (Å²) >= 11 is 0. The predicted octanol–water partition coefficient (Wildman–Crippen LogP) is 5.61. The largest absolute Gasteiger partial charge is 0.493 e. The zero-order chi connectivity index (χ0) is 23.3. The third-order valence-electron chi connectivity index (χ3n) is 7.49. The van der Waals surface area contributed by atoms with E-state index < -0.39 is 5.41 Å². The minimum atomic E-state index is -0.708. The Kier molecular flexibility index (Phi) is 7.23. The lowest BCUT2D eigenvalue weighted by molar-refractivity contribution is -0.147.